The molecule has 0 bridgehead atoms. The highest BCUT2D eigenvalue weighted by molar-refractivity contribution is 7.18. The molecule has 30 heavy (non-hydrogen) atoms. The minimum atomic E-state index is 0.843. The van der Waals surface area contributed by atoms with E-state index in [4.69, 9.17) is 4.98 Å². The number of pyridine rings is 2. The third kappa shape index (κ3) is 4.38. The SMILES string of the molecule is c1cc(-c2cnc(Nc3cc(N4CCNCC4)cc(N4CCNCC4)n3)s2)ccn1. The first-order chi connectivity index (χ1) is 14.8. The molecule has 0 radical (unpaired) electrons. The normalized spacial score (nSPS) is 17.2. The topological polar surface area (TPSA) is 81.2 Å². The van der Waals surface area contributed by atoms with Gasteiger partial charge in [0.15, 0.2) is 5.13 Å². The Balaban J connectivity index is 1.42. The largest absolute Gasteiger partial charge is 0.369 e. The summed E-state index contributed by atoms with van der Waals surface area (Å²) in [5.74, 6) is 1.87. The van der Waals surface area contributed by atoms with Crippen molar-refractivity contribution in [1.82, 2.24) is 25.6 Å². The van der Waals surface area contributed by atoms with Gasteiger partial charge in [0.2, 0.25) is 0 Å². The van der Waals surface area contributed by atoms with E-state index in [1.165, 1.54) is 5.69 Å². The van der Waals surface area contributed by atoms with Crippen molar-refractivity contribution in [3.63, 3.8) is 0 Å². The number of nitrogens with one attached hydrogen (secondary N) is 3. The third-order valence-corrected chi connectivity index (χ3v) is 6.39. The second kappa shape index (κ2) is 8.95. The summed E-state index contributed by atoms with van der Waals surface area (Å²) in [5, 5.41) is 11.1. The first-order valence-electron chi connectivity index (χ1n) is 10.4. The highest BCUT2D eigenvalue weighted by Crippen LogP contribution is 2.32. The lowest BCUT2D eigenvalue weighted by Gasteiger charge is -2.32. The van der Waals surface area contributed by atoms with E-state index in [1.54, 1.807) is 23.7 Å². The molecule has 9 heteroatoms. The lowest BCUT2D eigenvalue weighted by molar-refractivity contribution is 0.582. The molecule has 3 aromatic heterocycles. The molecule has 0 atom stereocenters. The van der Waals surface area contributed by atoms with Gasteiger partial charge in [0.05, 0.1) is 4.88 Å². The summed E-state index contributed by atoms with van der Waals surface area (Å²) in [4.78, 5) is 19.5. The van der Waals surface area contributed by atoms with Crippen molar-refractivity contribution in [2.24, 2.45) is 0 Å². The zero-order valence-corrected chi connectivity index (χ0v) is 17.7. The molecule has 156 valence electrons. The van der Waals surface area contributed by atoms with Crippen LogP contribution in [0.1, 0.15) is 0 Å². The van der Waals surface area contributed by atoms with Gasteiger partial charge < -0.3 is 25.8 Å². The van der Waals surface area contributed by atoms with Gasteiger partial charge in [-0.1, -0.05) is 11.3 Å². The molecule has 2 aliphatic heterocycles. The Kier molecular flexibility index (Phi) is 5.73. The van der Waals surface area contributed by atoms with Crippen LogP contribution in [0.5, 0.6) is 0 Å². The number of hydrogen-bond donors (Lipinski definition) is 3. The van der Waals surface area contributed by atoms with Crippen molar-refractivity contribution in [3.05, 3.63) is 42.9 Å². The maximum absolute atomic E-state index is 4.93. The Bertz CT molecular complexity index is 928. The van der Waals surface area contributed by atoms with E-state index in [1.807, 2.05) is 18.3 Å². The van der Waals surface area contributed by atoms with Crippen molar-refractivity contribution >= 4 is 33.8 Å². The minimum Gasteiger partial charge on any atom is -0.369 e. The van der Waals surface area contributed by atoms with Gasteiger partial charge in [-0.05, 0) is 17.7 Å². The summed E-state index contributed by atoms with van der Waals surface area (Å²) in [7, 11) is 0. The standard InChI is InChI=1S/C21H26N8S/c1-3-22-4-2-16(1)18-15-25-21(30-18)27-19-13-17(28-9-5-23-6-10-28)14-20(26-19)29-11-7-24-8-12-29/h1-4,13-15,23-24H,5-12H2,(H,25,26,27). The molecule has 2 aliphatic rings. The molecule has 0 saturated carbocycles. The van der Waals surface area contributed by atoms with Crippen molar-refractivity contribution in [3.8, 4) is 10.4 Å². The number of nitrogens with zero attached hydrogens (tertiary/aromatic N) is 5. The zero-order valence-electron chi connectivity index (χ0n) is 16.8. The average molecular weight is 423 g/mol. The molecule has 5 heterocycles. The van der Waals surface area contributed by atoms with E-state index in [2.05, 4.69) is 47.9 Å². The van der Waals surface area contributed by atoms with Gasteiger partial charge in [-0.2, -0.15) is 0 Å². The second-order valence-corrected chi connectivity index (χ2v) is 8.46. The third-order valence-electron chi connectivity index (χ3n) is 5.43. The maximum Gasteiger partial charge on any atom is 0.188 e. The fourth-order valence-corrected chi connectivity index (χ4v) is 4.65. The molecule has 3 N–H and O–H groups in total. The molecule has 0 amide bonds. The van der Waals surface area contributed by atoms with Gasteiger partial charge in [-0.15, -0.1) is 0 Å². The maximum atomic E-state index is 4.93. The van der Waals surface area contributed by atoms with E-state index in [9.17, 15) is 0 Å². The van der Waals surface area contributed by atoms with Crippen LogP contribution in [0, 0.1) is 0 Å². The summed E-state index contributed by atoms with van der Waals surface area (Å²) in [5.41, 5.74) is 2.34. The Morgan fingerprint density at radius 3 is 2.33 bits per heavy atom. The molecule has 8 nitrogen and oxygen atoms in total. The van der Waals surface area contributed by atoms with Gasteiger partial charge in [0.25, 0.3) is 0 Å². The van der Waals surface area contributed by atoms with Crippen molar-refractivity contribution < 1.29 is 0 Å². The summed E-state index contributed by atoms with van der Waals surface area (Å²) in [6, 6.07) is 8.38. The first-order valence-corrected chi connectivity index (χ1v) is 11.2. The Hall–Kier alpha value is -2.75. The van der Waals surface area contributed by atoms with Crippen molar-refractivity contribution in [2.45, 2.75) is 0 Å². The van der Waals surface area contributed by atoms with E-state index in [-0.39, 0.29) is 0 Å². The number of hydrogen-bond acceptors (Lipinski definition) is 9. The summed E-state index contributed by atoms with van der Waals surface area (Å²) in [6.07, 6.45) is 5.51. The molecule has 3 aromatic rings. The smallest absolute Gasteiger partial charge is 0.188 e. The average Bonchev–Trinajstić information content (AvgIpc) is 3.29. The fraction of sp³-hybridized carbons (Fsp3) is 0.381. The molecular weight excluding hydrogens is 396 g/mol. The van der Waals surface area contributed by atoms with Gasteiger partial charge in [0.1, 0.15) is 11.6 Å². The zero-order chi connectivity index (χ0) is 20.2. The van der Waals surface area contributed by atoms with Crippen LogP contribution in [0.15, 0.2) is 42.9 Å². The van der Waals surface area contributed by atoms with Gasteiger partial charge in [-0.25, -0.2) is 9.97 Å². The molecule has 5 rings (SSSR count). The number of aromatic nitrogens is 3. The number of thiazole rings is 1. The van der Waals surface area contributed by atoms with Crippen LogP contribution in [0.25, 0.3) is 10.4 Å². The minimum absolute atomic E-state index is 0.843. The van der Waals surface area contributed by atoms with Gasteiger partial charge >= 0.3 is 0 Å². The van der Waals surface area contributed by atoms with Crippen LogP contribution in [0.2, 0.25) is 0 Å². The highest BCUT2D eigenvalue weighted by atomic mass is 32.1. The van der Waals surface area contributed by atoms with E-state index < -0.39 is 0 Å². The first kappa shape index (κ1) is 19.2. The van der Waals surface area contributed by atoms with Crippen molar-refractivity contribution in [1.29, 1.82) is 0 Å². The highest BCUT2D eigenvalue weighted by Gasteiger charge is 2.18. The molecule has 0 aliphatic carbocycles. The Morgan fingerprint density at radius 1 is 0.900 bits per heavy atom. The summed E-state index contributed by atoms with van der Waals surface area (Å²) >= 11 is 1.63. The number of anilines is 4. The molecule has 2 fully saturated rings. The van der Waals surface area contributed by atoms with Crippen LogP contribution in [-0.4, -0.2) is 67.3 Å². The molecule has 2 saturated heterocycles. The van der Waals surface area contributed by atoms with Crippen molar-refractivity contribution in [2.75, 3.05) is 67.5 Å². The van der Waals surface area contributed by atoms with E-state index in [0.717, 1.165) is 79.6 Å². The van der Waals surface area contributed by atoms with Crippen LogP contribution in [0.3, 0.4) is 0 Å². The molecule has 0 unspecified atom stereocenters. The fourth-order valence-electron chi connectivity index (χ4n) is 3.82. The van der Waals surface area contributed by atoms with E-state index in [0.29, 0.717) is 0 Å². The van der Waals surface area contributed by atoms with Crippen LogP contribution >= 0.6 is 11.3 Å². The van der Waals surface area contributed by atoms with Crippen LogP contribution in [0.4, 0.5) is 22.5 Å². The van der Waals surface area contributed by atoms with Crippen LogP contribution in [-0.2, 0) is 0 Å². The van der Waals surface area contributed by atoms with E-state index >= 15 is 0 Å². The quantitative estimate of drug-likeness (QED) is 0.577. The van der Waals surface area contributed by atoms with Gasteiger partial charge in [-0.3, -0.25) is 4.98 Å². The number of rotatable bonds is 5. The predicted octanol–water partition coefficient (Wildman–Crippen LogP) is 2.16. The Labute approximate surface area is 180 Å². The summed E-state index contributed by atoms with van der Waals surface area (Å²) in [6.45, 7) is 7.96. The summed E-state index contributed by atoms with van der Waals surface area (Å²) < 4.78 is 0. The molecule has 0 aromatic carbocycles. The number of piperazine rings is 2. The predicted molar refractivity (Wildman–Crippen MR) is 123 cm³/mol. The second-order valence-electron chi connectivity index (χ2n) is 7.43. The molecule has 0 spiro atoms. The Morgan fingerprint density at radius 2 is 1.60 bits per heavy atom. The van der Waals surface area contributed by atoms with Crippen LogP contribution < -0.4 is 25.8 Å². The lowest BCUT2D eigenvalue weighted by atomic mass is 10.2. The molecular formula is C21H26N8S. The van der Waals surface area contributed by atoms with Gasteiger partial charge in [0, 0.05) is 88.8 Å². The monoisotopic (exact) mass is 422 g/mol. The lowest BCUT2D eigenvalue weighted by Crippen LogP contribution is -2.45.